The topological polar surface area (TPSA) is 60.9 Å². The molecule has 1 aliphatic heterocycles. The van der Waals surface area contributed by atoms with Crippen molar-refractivity contribution >= 4 is 12.0 Å². The smallest absolute Gasteiger partial charge is 0.319 e. The largest absolute Gasteiger partial charge is 0.481 e. The third kappa shape index (κ3) is 3.76. The molecule has 1 N–H and O–H groups in total. The molecule has 5 nitrogen and oxygen atoms in total. The van der Waals surface area contributed by atoms with Crippen LogP contribution >= 0.6 is 0 Å². The van der Waals surface area contributed by atoms with Gasteiger partial charge >= 0.3 is 12.0 Å². The summed E-state index contributed by atoms with van der Waals surface area (Å²) in [6.07, 6.45) is 4.16. The van der Waals surface area contributed by atoms with E-state index in [1.807, 2.05) is 6.08 Å². The van der Waals surface area contributed by atoms with E-state index in [9.17, 15) is 9.59 Å². The standard InChI is InChI=1S/C12H20N2O3/c1-3-4-5-7-13(2)12(17)14-8-6-10(9-14)11(15)16/h3,10H,1,4-9H2,2H3,(H,15,16). The molecule has 1 rings (SSSR count). The van der Waals surface area contributed by atoms with Crippen LogP contribution < -0.4 is 0 Å². The second kappa shape index (κ2) is 6.27. The van der Waals surface area contributed by atoms with Gasteiger partial charge in [-0.3, -0.25) is 4.79 Å². The Hall–Kier alpha value is -1.52. The number of carboxylic acids is 1. The van der Waals surface area contributed by atoms with E-state index in [2.05, 4.69) is 6.58 Å². The summed E-state index contributed by atoms with van der Waals surface area (Å²) in [5.74, 6) is -1.21. The number of allylic oxidation sites excluding steroid dienone is 1. The summed E-state index contributed by atoms with van der Waals surface area (Å²) in [6, 6.07) is -0.0715. The molecule has 0 aromatic carbocycles. The maximum Gasteiger partial charge on any atom is 0.319 e. The first-order chi connectivity index (χ1) is 8.06. The van der Waals surface area contributed by atoms with Gasteiger partial charge in [0.25, 0.3) is 0 Å². The summed E-state index contributed by atoms with van der Waals surface area (Å²) in [7, 11) is 1.75. The highest BCUT2D eigenvalue weighted by molar-refractivity contribution is 5.77. The fraction of sp³-hybridized carbons (Fsp3) is 0.667. The van der Waals surface area contributed by atoms with Gasteiger partial charge in [-0.25, -0.2) is 4.79 Å². The average Bonchev–Trinajstić information content (AvgIpc) is 2.77. The quantitative estimate of drug-likeness (QED) is 0.584. The number of hydrogen-bond acceptors (Lipinski definition) is 2. The molecular weight excluding hydrogens is 220 g/mol. The molecule has 1 atom stereocenters. The van der Waals surface area contributed by atoms with Crippen molar-refractivity contribution in [3.63, 3.8) is 0 Å². The molecule has 0 spiro atoms. The first kappa shape index (κ1) is 13.5. The maximum atomic E-state index is 11.9. The molecule has 17 heavy (non-hydrogen) atoms. The van der Waals surface area contributed by atoms with E-state index in [1.54, 1.807) is 16.8 Å². The summed E-state index contributed by atoms with van der Waals surface area (Å²) in [6.45, 7) is 5.19. The van der Waals surface area contributed by atoms with Crippen molar-refractivity contribution in [3.05, 3.63) is 12.7 Å². The number of carbonyl (C=O) groups is 2. The molecular formula is C12H20N2O3. The van der Waals surface area contributed by atoms with Crippen molar-refractivity contribution in [3.8, 4) is 0 Å². The second-order valence-electron chi connectivity index (χ2n) is 4.40. The van der Waals surface area contributed by atoms with Gasteiger partial charge in [-0.05, 0) is 19.3 Å². The van der Waals surface area contributed by atoms with E-state index in [-0.39, 0.29) is 6.03 Å². The van der Waals surface area contributed by atoms with Crippen LogP contribution in [0.1, 0.15) is 19.3 Å². The number of amides is 2. The van der Waals surface area contributed by atoms with Gasteiger partial charge in [-0.15, -0.1) is 6.58 Å². The van der Waals surface area contributed by atoms with Crippen LogP contribution in [0.25, 0.3) is 0 Å². The van der Waals surface area contributed by atoms with Crippen molar-refractivity contribution in [2.45, 2.75) is 19.3 Å². The number of likely N-dealkylation sites (tertiary alicyclic amines) is 1. The first-order valence-electron chi connectivity index (χ1n) is 5.90. The van der Waals surface area contributed by atoms with Crippen LogP contribution in [0, 0.1) is 5.92 Å². The Morgan fingerprint density at radius 2 is 2.29 bits per heavy atom. The van der Waals surface area contributed by atoms with Crippen LogP contribution in [0.3, 0.4) is 0 Å². The van der Waals surface area contributed by atoms with Gasteiger partial charge < -0.3 is 14.9 Å². The molecule has 2 amide bonds. The van der Waals surface area contributed by atoms with Crippen LogP contribution in [-0.2, 0) is 4.79 Å². The number of nitrogens with zero attached hydrogens (tertiary/aromatic N) is 2. The number of aliphatic carboxylic acids is 1. The number of carbonyl (C=O) groups excluding carboxylic acids is 1. The second-order valence-corrected chi connectivity index (χ2v) is 4.40. The predicted octanol–water partition coefficient (Wildman–Crippen LogP) is 1.41. The Labute approximate surface area is 102 Å². The Bertz CT molecular complexity index is 304. The summed E-state index contributed by atoms with van der Waals surface area (Å²) in [5, 5.41) is 8.86. The molecule has 1 heterocycles. The molecule has 5 heteroatoms. The van der Waals surface area contributed by atoms with Gasteiger partial charge in [0.2, 0.25) is 0 Å². The maximum absolute atomic E-state index is 11.9. The molecule has 1 unspecified atom stereocenters. The molecule has 0 bridgehead atoms. The molecule has 0 aromatic heterocycles. The highest BCUT2D eigenvalue weighted by Gasteiger charge is 2.31. The molecule has 96 valence electrons. The predicted molar refractivity (Wildman–Crippen MR) is 64.8 cm³/mol. The average molecular weight is 240 g/mol. The Morgan fingerprint density at radius 1 is 1.59 bits per heavy atom. The number of rotatable bonds is 5. The first-order valence-corrected chi connectivity index (χ1v) is 5.90. The normalized spacial score (nSPS) is 19.1. The van der Waals surface area contributed by atoms with Gasteiger partial charge in [0, 0.05) is 26.7 Å². The summed E-state index contributed by atoms with van der Waals surface area (Å²) in [4.78, 5) is 26.0. The Kier molecular flexibility index (Phi) is 5.00. The fourth-order valence-electron chi connectivity index (χ4n) is 1.95. The van der Waals surface area contributed by atoms with E-state index in [4.69, 9.17) is 5.11 Å². The van der Waals surface area contributed by atoms with Gasteiger partial charge in [0.05, 0.1) is 5.92 Å². The van der Waals surface area contributed by atoms with Crippen LogP contribution in [0.5, 0.6) is 0 Å². The van der Waals surface area contributed by atoms with Crippen molar-refractivity contribution in [2.75, 3.05) is 26.7 Å². The number of hydrogen-bond donors (Lipinski definition) is 1. The van der Waals surface area contributed by atoms with Gasteiger partial charge in [0.15, 0.2) is 0 Å². The molecule has 1 aliphatic rings. The zero-order valence-electron chi connectivity index (χ0n) is 10.3. The lowest BCUT2D eigenvalue weighted by atomic mass is 10.1. The van der Waals surface area contributed by atoms with Crippen molar-refractivity contribution in [2.24, 2.45) is 5.92 Å². The van der Waals surface area contributed by atoms with E-state index in [0.717, 1.165) is 12.8 Å². The van der Waals surface area contributed by atoms with Gasteiger partial charge in [-0.2, -0.15) is 0 Å². The number of unbranched alkanes of at least 4 members (excludes halogenated alkanes) is 1. The van der Waals surface area contributed by atoms with E-state index in [1.165, 1.54) is 0 Å². The SMILES string of the molecule is C=CCCCN(C)C(=O)N1CCC(C(=O)O)C1. The lowest BCUT2D eigenvalue weighted by Gasteiger charge is -2.24. The van der Waals surface area contributed by atoms with Crippen LogP contribution in [0.15, 0.2) is 12.7 Å². The van der Waals surface area contributed by atoms with E-state index < -0.39 is 11.9 Å². The highest BCUT2D eigenvalue weighted by atomic mass is 16.4. The third-order valence-corrected chi connectivity index (χ3v) is 3.04. The highest BCUT2D eigenvalue weighted by Crippen LogP contribution is 2.17. The Morgan fingerprint density at radius 3 is 2.82 bits per heavy atom. The fourth-order valence-corrected chi connectivity index (χ4v) is 1.95. The minimum Gasteiger partial charge on any atom is -0.481 e. The van der Waals surface area contributed by atoms with Gasteiger partial charge in [0.1, 0.15) is 0 Å². The molecule has 0 aromatic rings. The minimum atomic E-state index is -0.811. The number of carboxylic acid groups (broad SMARTS) is 1. The van der Waals surface area contributed by atoms with Crippen molar-refractivity contribution in [1.82, 2.24) is 9.80 Å². The zero-order valence-corrected chi connectivity index (χ0v) is 10.3. The zero-order chi connectivity index (χ0) is 12.8. The molecule has 0 saturated carbocycles. The molecule has 1 fully saturated rings. The van der Waals surface area contributed by atoms with E-state index >= 15 is 0 Å². The lowest BCUT2D eigenvalue weighted by Crippen LogP contribution is -2.40. The summed E-state index contributed by atoms with van der Waals surface area (Å²) < 4.78 is 0. The van der Waals surface area contributed by atoms with Crippen molar-refractivity contribution < 1.29 is 14.7 Å². The Balaban J connectivity index is 2.37. The lowest BCUT2D eigenvalue weighted by molar-refractivity contribution is -0.141. The van der Waals surface area contributed by atoms with Crippen LogP contribution in [-0.4, -0.2) is 53.6 Å². The monoisotopic (exact) mass is 240 g/mol. The third-order valence-electron chi connectivity index (χ3n) is 3.04. The van der Waals surface area contributed by atoms with Crippen LogP contribution in [0.4, 0.5) is 4.79 Å². The van der Waals surface area contributed by atoms with E-state index in [0.29, 0.717) is 26.1 Å². The summed E-state index contributed by atoms with van der Waals surface area (Å²) in [5.41, 5.74) is 0. The minimum absolute atomic E-state index is 0.0715. The summed E-state index contributed by atoms with van der Waals surface area (Å²) >= 11 is 0. The van der Waals surface area contributed by atoms with Crippen molar-refractivity contribution in [1.29, 1.82) is 0 Å². The molecule has 1 saturated heterocycles. The molecule has 0 radical (unpaired) electrons. The van der Waals surface area contributed by atoms with Gasteiger partial charge in [-0.1, -0.05) is 6.08 Å². The van der Waals surface area contributed by atoms with Crippen LogP contribution in [0.2, 0.25) is 0 Å². The molecule has 0 aliphatic carbocycles. The number of urea groups is 1.